The fourth-order valence-electron chi connectivity index (χ4n) is 3.06. The van der Waals surface area contributed by atoms with Gasteiger partial charge in [-0.1, -0.05) is 12.3 Å². The number of terminal acetylenes is 1. The molecule has 2 heteroatoms. The Morgan fingerprint density at radius 3 is 3.14 bits per heavy atom. The van der Waals surface area contributed by atoms with Crippen LogP contribution in [-0.4, -0.2) is 37.6 Å². The van der Waals surface area contributed by atoms with Crippen LogP contribution in [0.4, 0.5) is 0 Å². The first-order chi connectivity index (χ1) is 6.81. The third-order valence-electron chi connectivity index (χ3n) is 3.75. The van der Waals surface area contributed by atoms with Gasteiger partial charge in [0.25, 0.3) is 0 Å². The van der Waals surface area contributed by atoms with E-state index in [-0.39, 0.29) is 0 Å². The van der Waals surface area contributed by atoms with Crippen molar-refractivity contribution in [3.63, 3.8) is 0 Å². The molecular weight excluding hydrogens is 172 g/mol. The maximum Gasteiger partial charge on any atom is 0.0596 e. The van der Waals surface area contributed by atoms with Gasteiger partial charge in [-0.05, 0) is 38.3 Å². The second kappa shape index (κ2) is 4.33. The lowest BCUT2D eigenvalue weighted by atomic mass is 9.94. The molecule has 2 rings (SSSR count). The molecule has 0 radical (unpaired) electrons. The van der Waals surface area contributed by atoms with Gasteiger partial charge in [0.15, 0.2) is 0 Å². The van der Waals surface area contributed by atoms with E-state index < -0.39 is 0 Å². The highest BCUT2D eigenvalue weighted by Crippen LogP contribution is 2.37. The van der Waals surface area contributed by atoms with E-state index >= 15 is 0 Å². The summed E-state index contributed by atoms with van der Waals surface area (Å²) in [4.78, 5) is 2.25. The molecule has 1 saturated heterocycles. The van der Waals surface area contributed by atoms with Crippen molar-refractivity contribution in [3.05, 3.63) is 0 Å². The van der Waals surface area contributed by atoms with Crippen LogP contribution < -0.4 is 5.32 Å². The van der Waals surface area contributed by atoms with Crippen LogP contribution in [-0.2, 0) is 0 Å². The van der Waals surface area contributed by atoms with Crippen LogP contribution in [0.2, 0.25) is 0 Å². The minimum atomic E-state index is 0.695. The van der Waals surface area contributed by atoms with Crippen LogP contribution in [0.25, 0.3) is 0 Å². The van der Waals surface area contributed by atoms with Crippen LogP contribution in [0.1, 0.15) is 19.3 Å². The molecule has 0 amide bonds. The molecule has 2 aliphatic rings. The van der Waals surface area contributed by atoms with Crippen molar-refractivity contribution in [2.75, 3.05) is 26.7 Å². The monoisotopic (exact) mass is 192 g/mol. The smallest absolute Gasteiger partial charge is 0.0596 e. The van der Waals surface area contributed by atoms with Crippen LogP contribution in [0.15, 0.2) is 0 Å². The summed E-state index contributed by atoms with van der Waals surface area (Å²) < 4.78 is 0. The zero-order valence-electron chi connectivity index (χ0n) is 9.00. The van der Waals surface area contributed by atoms with Gasteiger partial charge >= 0.3 is 0 Å². The standard InChI is InChI=1S/C12H20N2/c1-3-7-14(2)9-12-11-6-4-5-10(11)8-13-12/h1,10-13H,4-9H2,2H3. The highest BCUT2D eigenvalue weighted by molar-refractivity contribution is 4.96. The quantitative estimate of drug-likeness (QED) is 0.670. The summed E-state index contributed by atoms with van der Waals surface area (Å²) in [6.45, 7) is 3.13. The van der Waals surface area contributed by atoms with Crippen LogP contribution in [0, 0.1) is 24.2 Å². The van der Waals surface area contributed by atoms with E-state index in [1.165, 1.54) is 25.8 Å². The lowest BCUT2D eigenvalue weighted by Crippen LogP contribution is -2.39. The third kappa shape index (κ3) is 1.94. The summed E-state index contributed by atoms with van der Waals surface area (Å²) in [6.07, 6.45) is 9.60. The van der Waals surface area contributed by atoms with E-state index in [2.05, 4.69) is 23.2 Å². The predicted molar refractivity (Wildman–Crippen MR) is 59.0 cm³/mol. The van der Waals surface area contributed by atoms with Gasteiger partial charge in [0, 0.05) is 12.6 Å². The lowest BCUT2D eigenvalue weighted by Gasteiger charge is -2.23. The van der Waals surface area contributed by atoms with Crippen LogP contribution in [0.3, 0.4) is 0 Å². The molecule has 1 saturated carbocycles. The van der Waals surface area contributed by atoms with Gasteiger partial charge < -0.3 is 5.32 Å². The van der Waals surface area contributed by atoms with Gasteiger partial charge in [0.05, 0.1) is 6.54 Å². The molecule has 1 aliphatic carbocycles. The van der Waals surface area contributed by atoms with Gasteiger partial charge in [-0.25, -0.2) is 0 Å². The number of hydrogen-bond donors (Lipinski definition) is 1. The molecule has 0 aromatic heterocycles. The normalized spacial score (nSPS) is 35.9. The predicted octanol–water partition coefficient (Wildman–Crippen LogP) is 0.939. The molecule has 0 aromatic carbocycles. The van der Waals surface area contributed by atoms with E-state index in [1.54, 1.807) is 0 Å². The average Bonchev–Trinajstić information content (AvgIpc) is 2.70. The van der Waals surface area contributed by atoms with Crippen molar-refractivity contribution in [1.29, 1.82) is 0 Å². The van der Waals surface area contributed by atoms with E-state index in [1.807, 2.05) is 0 Å². The molecule has 2 fully saturated rings. The Morgan fingerprint density at radius 1 is 1.50 bits per heavy atom. The van der Waals surface area contributed by atoms with Gasteiger partial charge in [-0.15, -0.1) is 6.42 Å². The van der Waals surface area contributed by atoms with Gasteiger partial charge in [-0.2, -0.15) is 0 Å². The molecule has 3 atom stereocenters. The minimum absolute atomic E-state index is 0.695. The number of nitrogens with one attached hydrogen (secondary N) is 1. The van der Waals surface area contributed by atoms with E-state index in [0.29, 0.717) is 6.04 Å². The minimum Gasteiger partial charge on any atom is -0.312 e. The van der Waals surface area contributed by atoms with E-state index in [4.69, 9.17) is 6.42 Å². The zero-order chi connectivity index (χ0) is 9.97. The molecule has 3 unspecified atom stereocenters. The van der Waals surface area contributed by atoms with Crippen molar-refractivity contribution in [2.24, 2.45) is 11.8 Å². The summed E-state index contributed by atoms with van der Waals surface area (Å²) in [5.74, 6) is 4.58. The Hall–Kier alpha value is -0.520. The molecule has 0 aromatic rings. The van der Waals surface area contributed by atoms with Crippen LogP contribution >= 0.6 is 0 Å². The zero-order valence-corrected chi connectivity index (χ0v) is 9.00. The summed E-state index contributed by atoms with van der Waals surface area (Å²) in [6, 6.07) is 0.695. The average molecular weight is 192 g/mol. The molecular formula is C12H20N2. The van der Waals surface area contributed by atoms with Gasteiger partial charge in [0.2, 0.25) is 0 Å². The lowest BCUT2D eigenvalue weighted by molar-refractivity contribution is 0.288. The fourth-order valence-corrected chi connectivity index (χ4v) is 3.06. The van der Waals surface area contributed by atoms with Crippen molar-refractivity contribution < 1.29 is 0 Å². The number of likely N-dealkylation sites (N-methyl/N-ethyl adjacent to an activating group) is 1. The van der Waals surface area contributed by atoms with Crippen molar-refractivity contribution in [3.8, 4) is 12.3 Å². The first kappa shape index (κ1) is 10.0. The summed E-state index contributed by atoms with van der Waals surface area (Å²) in [5.41, 5.74) is 0. The molecule has 1 heterocycles. The highest BCUT2D eigenvalue weighted by atomic mass is 15.1. The Kier molecular flexibility index (Phi) is 3.10. The summed E-state index contributed by atoms with van der Waals surface area (Å²) in [7, 11) is 2.11. The van der Waals surface area contributed by atoms with Crippen molar-refractivity contribution in [1.82, 2.24) is 10.2 Å². The summed E-state index contributed by atoms with van der Waals surface area (Å²) >= 11 is 0. The first-order valence-corrected chi connectivity index (χ1v) is 5.66. The molecule has 14 heavy (non-hydrogen) atoms. The maximum absolute atomic E-state index is 5.30. The molecule has 1 N–H and O–H groups in total. The largest absolute Gasteiger partial charge is 0.312 e. The summed E-state index contributed by atoms with van der Waals surface area (Å²) in [5, 5.41) is 3.64. The SMILES string of the molecule is C#CCN(C)CC1NCC2CCCC21. The van der Waals surface area contributed by atoms with E-state index in [0.717, 1.165) is 24.9 Å². The van der Waals surface area contributed by atoms with E-state index in [9.17, 15) is 0 Å². The van der Waals surface area contributed by atoms with Gasteiger partial charge in [-0.3, -0.25) is 4.90 Å². The molecule has 0 spiro atoms. The molecule has 78 valence electrons. The second-order valence-electron chi connectivity index (χ2n) is 4.77. The number of nitrogens with zero attached hydrogens (tertiary/aromatic N) is 1. The molecule has 1 aliphatic heterocycles. The number of fused-ring (bicyclic) bond motifs is 1. The van der Waals surface area contributed by atoms with Gasteiger partial charge in [0.1, 0.15) is 0 Å². The van der Waals surface area contributed by atoms with Crippen LogP contribution in [0.5, 0.6) is 0 Å². The second-order valence-corrected chi connectivity index (χ2v) is 4.77. The molecule has 2 nitrogen and oxygen atoms in total. The highest BCUT2D eigenvalue weighted by Gasteiger charge is 2.38. The number of rotatable bonds is 3. The fraction of sp³-hybridized carbons (Fsp3) is 0.833. The maximum atomic E-state index is 5.30. The van der Waals surface area contributed by atoms with Crippen molar-refractivity contribution in [2.45, 2.75) is 25.3 Å². The Balaban J connectivity index is 1.84. The Morgan fingerprint density at radius 2 is 2.36 bits per heavy atom. The molecule has 0 bridgehead atoms. The topological polar surface area (TPSA) is 15.3 Å². The Labute approximate surface area is 87.1 Å². The number of hydrogen-bond acceptors (Lipinski definition) is 2. The third-order valence-corrected chi connectivity index (χ3v) is 3.75. The Bertz CT molecular complexity index is 231. The first-order valence-electron chi connectivity index (χ1n) is 5.66. The van der Waals surface area contributed by atoms with Crippen molar-refractivity contribution >= 4 is 0 Å².